The van der Waals surface area contributed by atoms with Gasteiger partial charge in [0.05, 0.1) is 0 Å². The van der Waals surface area contributed by atoms with E-state index in [9.17, 15) is 0 Å². The van der Waals surface area contributed by atoms with Crippen LogP contribution in [0.1, 0.15) is 18.0 Å². The molecule has 12 heavy (non-hydrogen) atoms. The largest absolute Gasteiger partial charge is 0.330 e. The molecule has 3 heteroatoms. The minimum atomic E-state index is -0.0382. The van der Waals surface area contributed by atoms with Gasteiger partial charge in [-0.1, -0.05) is 29.8 Å². The van der Waals surface area contributed by atoms with Crippen LogP contribution in [0.25, 0.3) is 0 Å². The second kappa shape index (κ2) is 4.45. The molecule has 2 nitrogen and oxygen atoms in total. The summed E-state index contributed by atoms with van der Waals surface area (Å²) in [7, 11) is 0. The van der Waals surface area contributed by atoms with Crippen molar-refractivity contribution >= 4 is 11.6 Å². The predicted molar refractivity (Wildman–Crippen MR) is 52.1 cm³/mol. The molecule has 0 bridgehead atoms. The first-order valence-corrected chi connectivity index (χ1v) is 4.33. The monoisotopic (exact) mass is 184 g/mol. The molecule has 0 heterocycles. The Labute approximate surface area is 77.5 Å². The summed E-state index contributed by atoms with van der Waals surface area (Å²) in [5, 5.41) is 0.721. The summed E-state index contributed by atoms with van der Waals surface area (Å²) in [6, 6.07) is 7.55. The summed E-state index contributed by atoms with van der Waals surface area (Å²) in [4.78, 5) is 0. The zero-order chi connectivity index (χ0) is 8.97. The van der Waals surface area contributed by atoms with Crippen molar-refractivity contribution in [1.29, 1.82) is 0 Å². The predicted octanol–water partition coefficient (Wildman–Crippen LogP) is 1.69. The Morgan fingerprint density at radius 3 is 2.58 bits per heavy atom. The smallest absolute Gasteiger partial charge is 0.0453 e. The van der Waals surface area contributed by atoms with Crippen molar-refractivity contribution in [3.63, 3.8) is 0 Å². The third kappa shape index (κ3) is 2.21. The third-order valence-electron chi connectivity index (χ3n) is 1.78. The van der Waals surface area contributed by atoms with Crippen LogP contribution in [-0.4, -0.2) is 6.54 Å². The van der Waals surface area contributed by atoms with E-state index < -0.39 is 0 Å². The Kier molecular flexibility index (Phi) is 3.53. The molecule has 0 aliphatic rings. The zero-order valence-electron chi connectivity index (χ0n) is 6.83. The zero-order valence-corrected chi connectivity index (χ0v) is 7.59. The topological polar surface area (TPSA) is 52.0 Å². The lowest BCUT2D eigenvalue weighted by atomic mass is 10.1. The highest BCUT2D eigenvalue weighted by molar-refractivity contribution is 6.31. The summed E-state index contributed by atoms with van der Waals surface area (Å²) < 4.78 is 0. The molecule has 0 saturated heterocycles. The maximum absolute atomic E-state index is 5.93. The first-order chi connectivity index (χ1) is 5.75. The molecule has 0 aliphatic carbocycles. The van der Waals surface area contributed by atoms with Crippen molar-refractivity contribution in [2.24, 2.45) is 11.5 Å². The van der Waals surface area contributed by atoms with Crippen molar-refractivity contribution in [1.82, 2.24) is 0 Å². The lowest BCUT2D eigenvalue weighted by molar-refractivity contribution is 0.661. The summed E-state index contributed by atoms with van der Waals surface area (Å²) in [6.45, 7) is 0.590. The van der Waals surface area contributed by atoms with Crippen LogP contribution in [0.4, 0.5) is 0 Å². The van der Waals surface area contributed by atoms with E-state index in [1.165, 1.54) is 0 Å². The minimum Gasteiger partial charge on any atom is -0.330 e. The van der Waals surface area contributed by atoms with E-state index in [2.05, 4.69) is 0 Å². The summed E-state index contributed by atoms with van der Waals surface area (Å²) >= 11 is 5.93. The van der Waals surface area contributed by atoms with Gasteiger partial charge in [-0.05, 0) is 24.6 Å². The van der Waals surface area contributed by atoms with Gasteiger partial charge in [0.15, 0.2) is 0 Å². The average Bonchev–Trinajstić information content (AvgIpc) is 2.05. The van der Waals surface area contributed by atoms with Crippen LogP contribution >= 0.6 is 11.6 Å². The van der Waals surface area contributed by atoms with Crippen molar-refractivity contribution in [3.05, 3.63) is 34.9 Å². The minimum absolute atomic E-state index is 0.0382. The normalized spacial score (nSPS) is 12.9. The fourth-order valence-corrected chi connectivity index (χ4v) is 1.39. The Balaban J connectivity index is 2.79. The average molecular weight is 185 g/mol. The van der Waals surface area contributed by atoms with E-state index in [1.54, 1.807) is 0 Å². The number of nitrogens with two attached hydrogens (primary N) is 2. The summed E-state index contributed by atoms with van der Waals surface area (Å²) in [5.74, 6) is 0. The fourth-order valence-electron chi connectivity index (χ4n) is 1.11. The van der Waals surface area contributed by atoms with Gasteiger partial charge in [0.1, 0.15) is 0 Å². The van der Waals surface area contributed by atoms with E-state index in [1.807, 2.05) is 24.3 Å². The van der Waals surface area contributed by atoms with E-state index in [4.69, 9.17) is 23.1 Å². The Morgan fingerprint density at radius 1 is 1.33 bits per heavy atom. The van der Waals surface area contributed by atoms with Crippen LogP contribution in [0, 0.1) is 0 Å². The SMILES string of the molecule is NCCC(N)c1ccccc1Cl. The maximum Gasteiger partial charge on any atom is 0.0453 e. The van der Waals surface area contributed by atoms with Crippen molar-refractivity contribution in [2.45, 2.75) is 12.5 Å². The molecular formula is C9H13ClN2. The molecule has 1 aromatic rings. The van der Waals surface area contributed by atoms with Gasteiger partial charge < -0.3 is 11.5 Å². The standard InChI is InChI=1S/C9H13ClN2/c10-8-4-2-1-3-7(8)9(12)5-6-11/h1-4,9H,5-6,11-12H2. The summed E-state index contributed by atoms with van der Waals surface area (Å²) in [5.41, 5.74) is 12.2. The highest BCUT2D eigenvalue weighted by atomic mass is 35.5. The molecule has 1 atom stereocenters. The van der Waals surface area contributed by atoms with Crippen LogP contribution in [0.15, 0.2) is 24.3 Å². The lowest BCUT2D eigenvalue weighted by Crippen LogP contribution is -2.15. The number of rotatable bonds is 3. The molecule has 0 aromatic heterocycles. The first-order valence-electron chi connectivity index (χ1n) is 3.95. The van der Waals surface area contributed by atoms with Crippen molar-refractivity contribution < 1.29 is 0 Å². The second-order valence-electron chi connectivity index (χ2n) is 2.71. The fraction of sp³-hybridized carbons (Fsp3) is 0.333. The molecule has 0 saturated carbocycles. The number of halogens is 1. The van der Waals surface area contributed by atoms with E-state index in [-0.39, 0.29) is 6.04 Å². The molecule has 4 N–H and O–H groups in total. The molecular weight excluding hydrogens is 172 g/mol. The van der Waals surface area contributed by atoms with Gasteiger partial charge >= 0.3 is 0 Å². The van der Waals surface area contributed by atoms with Gasteiger partial charge in [0, 0.05) is 11.1 Å². The van der Waals surface area contributed by atoms with Gasteiger partial charge in [0.25, 0.3) is 0 Å². The van der Waals surface area contributed by atoms with Crippen LogP contribution in [0.2, 0.25) is 5.02 Å². The van der Waals surface area contributed by atoms with Gasteiger partial charge in [-0.3, -0.25) is 0 Å². The number of benzene rings is 1. The molecule has 1 unspecified atom stereocenters. The Morgan fingerprint density at radius 2 is 2.00 bits per heavy atom. The molecule has 0 fully saturated rings. The number of hydrogen-bond donors (Lipinski definition) is 2. The quantitative estimate of drug-likeness (QED) is 0.751. The van der Waals surface area contributed by atoms with Crippen LogP contribution in [0.5, 0.6) is 0 Å². The first kappa shape index (κ1) is 9.52. The molecule has 1 rings (SSSR count). The van der Waals surface area contributed by atoms with Gasteiger partial charge in [-0.15, -0.1) is 0 Å². The van der Waals surface area contributed by atoms with Crippen LogP contribution in [0.3, 0.4) is 0 Å². The van der Waals surface area contributed by atoms with Gasteiger partial charge in [-0.25, -0.2) is 0 Å². The molecule has 1 aromatic carbocycles. The molecule has 0 radical (unpaired) electrons. The Hall–Kier alpha value is -0.570. The van der Waals surface area contributed by atoms with Gasteiger partial charge in [0.2, 0.25) is 0 Å². The highest BCUT2D eigenvalue weighted by Crippen LogP contribution is 2.22. The van der Waals surface area contributed by atoms with Crippen molar-refractivity contribution in [2.75, 3.05) is 6.54 Å². The van der Waals surface area contributed by atoms with E-state index >= 15 is 0 Å². The van der Waals surface area contributed by atoms with Crippen molar-refractivity contribution in [3.8, 4) is 0 Å². The third-order valence-corrected chi connectivity index (χ3v) is 2.13. The maximum atomic E-state index is 5.93. The molecule has 0 aliphatic heterocycles. The molecule has 0 amide bonds. The van der Waals surface area contributed by atoms with Crippen LogP contribution < -0.4 is 11.5 Å². The molecule has 66 valence electrons. The summed E-state index contributed by atoms with van der Waals surface area (Å²) in [6.07, 6.45) is 0.768. The van der Waals surface area contributed by atoms with E-state index in [0.29, 0.717) is 6.54 Å². The lowest BCUT2D eigenvalue weighted by Gasteiger charge is -2.11. The second-order valence-corrected chi connectivity index (χ2v) is 3.11. The van der Waals surface area contributed by atoms with Gasteiger partial charge in [-0.2, -0.15) is 0 Å². The number of hydrogen-bond acceptors (Lipinski definition) is 2. The van der Waals surface area contributed by atoms with Crippen LogP contribution in [-0.2, 0) is 0 Å². The highest BCUT2D eigenvalue weighted by Gasteiger charge is 2.07. The molecule has 0 spiro atoms. The van der Waals surface area contributed by atoms with E-state index in [0.717, 1.165) is 17.0 Å². The Bertz CT molecular complexity index is 250.